The van der Waals surface area contributed by atoms with Crippen LogP contribution in [-0.4, -0.2) is 60.9 Å². The summed E-state index contributed by atoms with van der Waals surface area (Å²) in [6.45, 7) is 4.19. The number of aliphatic imine (C=N–C) groups is 1. The lowest BCUT2D eigenvalue weighted by Crippen LogP contribution is -2.49. The average molecular weight is 655 g/mol. The molecular weight excluding hydrogens is 615 g/mol. The minimum Gasteiger partial charge on any atom is -0.370 e. The molecule has 9 heteroatoms. The van der Waals surface area contributed by atoms with Crippen molar-refractivity contribution in [2.45, 2.75) is 48.6 Å². The molecule has 1 heterocycles. The predicted molar refractivity (Wildman–Crippen MR) is 171 cm³/mol. The molecule has 0 radical (unpaired) electrons. The van der Waals surface area contributed by atoms with Gasteiger partial charge in [-0.25, -0.2) is 0 Å². The van der Waals surface area contributed by atoms with Gasteiger partial charge in [0.2, 0.25) is 5.91 Å². The fourth-order valence-electron chi connectivity index (χ4n) is 5.25. The Balaban J connectivity index is 1.44. The number of nitrogens with one attached hydrogen (secondary N) is 2. The van der Waals surface area contributed by atoms with Crippen molar-refractivity contribution in [2.24, 2.45) is 16.5 Å². The molecule has 1 aliphatic heterocycles. The van der Waals surface area contributed by atoms with Gasteiger partial charge in [0.1, 0.15) is 0 Å². The van der Waals surface area contributed by atoms with E-state index in [0.717, 1.165) is 28.0 Å². The van der Waals surface area contributed by atoms with Gasteiger partial charge in [0.15, 0.2) is 5.96 Å². The second kappa shape index (κ2) is 14.5. The zero-order chi connectivity index (χ0) is 28.5. The van der Waals surface area contributed by atoms with Crippen molar-refractivity contribution in [3.05, 3.63) is 83.4 Å². The van der Waals surface area contributed by atoms with Crippen molar-refractivity contribution in [2.75, 3.05) is 26.2 Å². The van der Waals surface area contributed by atoms with E-state index < -0.39 is 6.04 Å². The van der Waals surface area contributed by atoms with Crippen LogP contribution in [0.5, 0.6) is 0 Å². The molecule has 1 aliphatic rings. The summed E-state index contributed by atoms with van der Waals surface area (Å²) in [5, 5.41) is 8.74. The fraction of sp³-hybridized carbons (Fsp3) is 0.387. The zero-order valence-electron chi connectivity index (χ0n) is 23.0. The van der Waals surface area contributed by atoms with E-state index in [1.807, 2.05) is 41.3 Å². The van der Waals surface area contributed by atoms with Gasteiger partial charge in [-0.3, -0.25) is 14.6 Å². The number of halogens is 1. The molecule has 0 spiro atoms. The molecule has 3 atom stereocenters. The van der Waals surface area contributed by atoms with Crippen LogP contribution in [0.25, 0.3) is 10.8 Å². The summed E-state index contributed by atoms with van der Waals surface area (Å²) in [6.07, 6.45) is 2.14. The number of carbonyl (C=O) groups is 2. The van der Waals surface area contributed by atoms with Gasteiger partial charge in [0, 0.05) is 48.1 Å². The van der Waals surface area contributed by atoms with Gasteiger partial charge >= 0.3 is 0 Å². The highest BCUT2D eigenvalue weighted by molar-refractivity contribution is 14.1. The quantitative estimate of drug-likeness (QED) is 0.108. The summed E-state index contributed by atoms with van der Waals surface area (Å²) in [7, 11) is 0. The number of alkyl halides is 1. The number of nitrogens with zero attached hydrogens (tertiary/aromatic N) is 2. The number of hydrogen-bond donors (Lipinski definition) is 4. The predicted octanol–water partition coefficient (Wildman–Crippen LogP) is 3.92. The van der Waals surface area contributed by atoms with Gasteiger partial charge in [-0.1, -0.05) is 84.1 Å². The van der Waals surface area contributed by atoms with Gasteiger partial charge in [-0.2, -0.15) is 0 Å². The van der Waals surface area contributed by atoms with Crippen LogP contribution in [0.15, 0.2) is 71.7 Å². The van der Waals surface area contributed by atoms with E-state index >= 15 is 0 Å². The molecule has 2 amide bonds. The van der Waals surface area contributed by atoms with Crippen molar-refractivity contribution in [3.63, 3.8) is 0 Å². The normalized spacial score (nSPS) is 18.2. The molecule has 3 aromatic carbocycles. The second-order valence-electron chi connectivity index (χ2n) is 10.3. The lowest BCUT2D eigenvalue weighted by atomic mass is 9.95. The van der Waals surface area contributed by atoms with Crippen LogP contribution in [-0.2, 0) is 9.22 Å². The molecule has 212 valence electrons. The Hall–Kier alpha value is -3.18. The third kappa shape index (κ3) is 7.94. The van der Waals surface area contributed by atoms with Gasteiger partial charge in [-0.05, 0) is 53.3 Å². The molecule has 0 bridgehead atoms. The number of amides is 2. The van der Waals surface area contributed by atoms with E-state index in [-0.39, 0.29) is 29.7 Å². The number of rotatable bonds is 11. The molecule has 40 heavy (non-hydrogen) atoms. The first kappa shape index (κ1) is 29.8. The van der Waals surface area contributed by atoms with Crippen LogP contribution in [0.2, 0.25) is 0 Å². The minimum absolute atomic E-state index is 0.0118. The maximum atomic E-state index is 13.6. The topological polar surface area (TPSA) is 126 Å². The van der Waals surface area contributed by atoms with E-state index in [9.17, 15) is 9.59 Å². The number of fused-ring (bicyclic) bond motifs is 1. The van der Waals surface area contributed by atoms with Gasteiger partial charge in [0.25, 0.3) is 5.91 Å². The number of guanidine groups is 1. The average Bonchev–Trinajstić information content (AvgIpc) is 3.12. The first-order valence-corrected chi connectivity index (χ1v) is 15.4. The Bertz CT molecular complexity index is 1330. The van der Waals surface area contributed by atoms with Gasteiger partial charge in [0.05, 0.1) is 6.04 Å². The Kier molecular flexibility index (Phi) is 10.8. The summed E-state index contributed by atoms with van der Waals surface area (Å²) in [4.78, 5) is 32.8. The molecular formula is C31H39IN6O2. The second-order valence-corrected chi connectivity index (χ2v) is 11.1. The summed E-state index contributed by atoms with van der Waals surface area (Å²) >= 11 is 2.35. The molecule has 6 N–H and O–H groups in total. The summed E-state index contributed by atoms with van der Waals surface area (Å²) in [5.74, 6) is 0.189. The Morgan fingerprint density at radius 1 is 1.12 bits per heavy atom. The lowest BCUT2D eigenvalue weighted by molar-refractivity contribution is -0.133. The molecule has 0 aromatic heterocycles. The first-order chi connectivity index (χ1) is 19.4. The standard InChI is InChI=1S/C31H39IN6O2/c1-2-22(23-6-4-3-5-7-23)20-38-15-13-27(37-28(30(38)40)12-14-35-31(33)34)19-36-29(39)26-11-10-24-16-21(18-32)8-9-25(24)17-26/h3-11,16-17,22,27-28,37H,2,12-15,18-20H2,1H3,(H,36,39)(H4,33,34,35)/t22-,27+,28+/m1/s1. The van der Waals surface area contributed by atoms with Crippen LogP contribution in [0.4, 0.5) is 0 Å². The number of carbonyl (C=O) groups excluding carboxylic acids is 2. The van der Waals surface area contributed by atoms with Crippen molar-refractivity contribution >= 4 is 51.1 Å². The van der Waals surface area contributed by atoms with E-state index in [0.29, 0.717) is 38.2 Å². The van der Waals surface area contributed by atoms with Crippen molar-refractivity contribution < 1.29 is 9.59 Å². The van der Waals surface area contributed by atoms with Crippen LogP contribution in [0.3, 0.4) is 0 Å². The zero-order valence-corrected chi connectivity index (χ0v) is 25.1. The van der Waals surface area contributed by atoms with Crippen LogP contribution in [0, 0.1) is 0 Å². The van der Waals surface area contributed by atoms with Crippen LogP contribution >= 0.6 is 22.6 Å². The molecule has 0 unspecified atom stereocenters. The maximum absolute atomic E-state index is 13.6. The Morgan fingerprint density at radius 3 is 2.60 bits per heavy atom. The van der Waals surface area contributed by atoms with E-state index in [1.165, 1.54) is 11.1 Å². The third-order valence-corrected chi connectivity index (χ3v) is 8.42. The molecule has 1 saturated heterocycles. The van der Waals surface area contributed by atoms with Gasteiger partial charge in [-0.15, -0.1) is 0 Å². The SMILES string of the molecule is CC[C@H](CN1CC[C@@H](CNC(=O)c2ccc3cc(CI)ccc3c2)N[C@@H](CCN=C(N)N)C1=O)c1ccccc1. The smallest absolute Gasteiger partial charge is 0.251 e. The Labute approximate surface area is 250 Å². The monoisotopic (exact) mass is 654 g/mol. The minimum atomic E-state index is -0.437. The highest BCUT2D eigenvalue weighted by Gasteiger charge is 2.32. The number of hydrogen-bond acceptors (Lipinski definition) is 4. The van der Waals surface area contributed by atoms with Crippen molar-refractivity contribution in [1.82, 2.24) is 15.5 Å². The molecule has 0 aliphatic carbocycles. The van der Waals surface area contributed by atoms with Gasteiger partial charge < -0.3 is 27.0 Å². The summed E-state index contributed by atoms with van der Waals surface area (Å²) in [5.41, 5.74) is 14.2. The van der Waals surface area contributed by atoms with E-state index in [4.69, 9.17) is 11.5 Å². The Morgan fingerprint density at radius 2 is 1.88 bits per heavy atom. The van der Waals surface area contributed by atoms with Crippen LogP contribution in [0.1, 0.15) is 53.6 Å². The van der Waals surface area contributed by atoms with E-state index in [1.54, 1.807) is 0 Å². The highest BCUT2D eigenvalue weighted by Crippen LogP contribution is 2.23. The third-order valence-electron chi connectivity index (χ3n) is 7.54. The number of nitrogens with two attached hydrogens (primary N) is 2. The largest absolute Gasteiger partial charge is 0.370 e. The van der Waals surface area contributed by atoms with E-state index in [2.05, 4.69) is 75.5 Å². The molecule has 3 aromatic rings. The fourth-order valence-corrected chi connectivity index (χ4v) is 5.73. The summed E-state index contributed by atoms with van der Waals surface area (Å²) in [6, 6.07) is 21.9. The maximum Gasteiger partial charge on any atom is 0.251 e. The first-order valence-electron chi connectivity index (χ1n) is 13.9. The molecule has 0 saturated carbocycles. The van der Waals surface area contributed by atoms with Crippen molar-refractivity contribution in [1.29, 1.82) is 0 Å². The van der Waals surface area contributed by atoms with Crippen LogP contribution < -0.4 is 22.1 Å². The van der Waals surface area contributed by atoms with Crippen molar-refractivity contribution in [3.8, 4) is 0 Å². The highest BCUT2D eigenvalue weighted by atomic mass is 127. The summed E-state index contributed by atoms with van der Waals surface area (Å²) < 4.78 is 0.947. The molecule has 8 nitrogen and oxygen atoms in total. The molecule has 4 rings (SSSR count). The lowest BCUT2D eigenvalue weighted by Gasteiger charge is -2.28. The number of benzene rings is 3. The molecule has 1 fully saturated rings.